The Hall–Kier alpha value is -1.02. The molecule has 1 aromatic rings. The standard InChI is InChI=1S/C14H22O2/c1-4-16-13-7-5-12(6-8-13)14(9-10-15)11(2)3/h5-8,11,14-15H,4,9-10H2,1-3H3. The average molecular weight is 222 g/mol. The van der Waals surface area contributed by atoms with Gasteiger partial charge in [0, 0.05) is 6.61 Å². The van der Waals surface area contributed by atoms with Crippen LogP contribution in [0.25, 0.3) is 0 Å². The lowest BCUT2D eigenvalue weighted by atomic mass is 9.86. The lowest BCUT2D eigenvalue weighted by molar-refractivity contribution is 0.261. The van der Waals surface area contributed by atoms with Crippen molar-refractivity contribution in [3.8, 4) is 5.75 Å². The van der Waals surface area contributed by atoms with Gasteiger partial charge in [-0.15, -0.1) is 0 Å². The lowest BCUT2D eigenvalue weighted by Crippen LogP contribution is -2.08. The van der Waals surface area contributed by atoms with E-state index in [1.165, 1.54) is 5.56 Å². The highest BCUT2D eigenvalue weighted by molar-refractivity contribution is 5.29. The van der Waals surface area contributed by atoms with Gasteiger partial charge in [0.1, 0.15) is 5.75 Å². The summed E-state index contributed by atoms with van der Waals surface area (Å²) in [5.41, 5.74) is 1.28. The molecule has 1 N–H and O–H groups in total. The molecule has 2 nitrogen and oxygen atoms in total. The van der Waals surface area contributed by atoms with Gasteiger partial charge in [-0.25, -0.2) is 0 Å². The number of aliphatic hydroxyl groups excluding tert-OH is 1. The number of aliphatic hydroxyl groups is 1. The zero-order valence-electron chi connectivity index (χ0n) is 10.4. The van der Waals surface area contributed by atoms with Crippen molar-refractivity contribution in [2.75, 3.05) is 13.2 Å². The Labute approximate surface area is 98.3 Å². The molecule has 16 heavy (non-hydrogen) atoms. The second kappa shape index (κ2) is 6.54. The molecule has 1 unspecified atom stereocenters. The van der Waals surface area contributed by atoms with Gasteiger partial charge in [-0.3, -0.25) is 0 Å². The summed E-state index contributed by atoms with van der Waals surface area (Å²) in [6, 6.07) is 8.22. The van der Waals surface area contributed by atoms with E-state index in [2.05, 4.69) is 26.0 Å². The molecule has 0 radical (unpaired) electrons. The molecule has 0 saturated carbocycles. The fraction of sp³-hybridized carbons (Fsp3) is 0.571. The van der Waals surface area contributed by atoms with Crippen LogP contribution in [0.2, 0.25) is 0 Å². The van der Waals surface area contributed by atoms with Gasteiger partial charge in [0.15, 0.2) is 0 Å². The first kappa shape index (κ1) is 13.0. The van der Waals surface area contributed by atoms with Crippen LogP contribution in [-0.4, -0.2) is 18.3 Å². The maximum absolute atomic E-state index is 9.06. The number of benzene rings is 1. The molecule has 0 saturated heterocycles. The molecule has 2 heteroatoms. The Morgan fingerprint density at radius 2 is 1.81 bits per heavy atom. The van der Waals surface area contributed by atoms with Gasteiger partial charge in [-0.05, 0) is 42.9 Å². The molecular weight excluding hydrogens is 200 g/mol. The Kier molecular flexibility index (Phi) is 5.33. The van der Waals surface area contributed by atoms with E-state index < -0.39 is 0 Å². The van der Waals surface area contributed by atoms with Crippen molar-refractivity contribution in [2.45, 2.75) is 33.1 Å². The molecule has 0 heterocycles. The van der Waals surface area contributed by atoms with E-state index in [0.29, 0.717) is 18.4 Å². The Morgan fingerprint density at radius 3 is 2.25 bits per heavy atom. The maximum Gasteiger partial charge on any atom is 0.119 e. The zero-order chi connectivity index (χ0) is 12.0. The summed E-state index contributed by atoms with van der Waals surface area (Å²) in [5.74, 6) is 1.89. The summed E-state index contributed by atoms with van der Waals surface area (Å²) >= 11 is 0. The fourth-order valence-corrected chi connectivity index (χ4v) is 2.00. The third-order valence-electron chi connectivity index (χ3n) is 2.86. The van der Waals surface area contributed by atoms with E-state index in [9.17, 15) is 0 Å². The molecule has 1 atom stereocenters. The molecule has 0 aromatic heterocycles. The molecule has 0 amide bonds. The highest BCUT2D eigenvalue weighted by Gasteiger charge is 2.14. The molecule has 0 bridgehead atoms. The van der Waals surface area contributed by atoms with E-state index >= 15 is 0 Å². The molecule has 1 aromatic carbocycles. The van der Waals surface area contributed by atoms with Gasteiger partial charge < -0.3 is 9.84 Å². The van der Waals surface area contributed by atoms with Crippen LogP contribution in [0.3, 0.4) is 0 Å². The minimum atomic E-state index is 0.246. The van der Waals surface area contributed by atoms with Crippen LogP contribution in [0, 0.1) is 5.92 Å². The van der Waals surface area contributed by atoms with Gasteiger partial charge in [-0.1, -0.05) is 26.0 Å². The van der Waals surface area contributed by atoms with Gasteiger partial charge in [0.05, 0.1) is 6.61 Å². The second-order valence-corrected chi connectivity index (χ2v) is 4.36. The largest absolute Gasteiger partial charge is 0.494 e. The highest BCUT2D eigenvalue weighted by atomic mass is 16.5. The van der Waals surface area contributed by atoms with Crippen LogP contribution >= 0.6 is 0 Å². The SMILES string of the molecule is CCOc1ccc(C(CCO)C(C)C)cc1. The van der Waals surface area contributed by atoms with Crippen molar-refractivity contribution in [3.63, 3.8) is 0 Å². The van der Waals surface area contributed by atoms with Crippen LogP contribution < -0.4 is 4.74 Å². The van der Waals surface area contributed by atoms with E-state index in [4.69, 9.17) is 9.84 Å². The fourth-order valence-electron chi connectivity index (χ4n) is 2.00. The van der Waals surface area contributed by atoms with Crippen LogP contribution in [-0.2, 0) is 0 Å². The molecule has 1 rings (SSSR count). The topological polar surface area (TPSA) is 29.5 Å². The van der Waals surface area contributed by atoms with Crippen LogP contribution in [0.4, 0.5) is 0 Å². The molecule has 0 aliphatic carbocycles. The maximum atomic E-state index is 9.06. The number of rotatable bonds is 6. The van der Waals surface area contributed by atoms with E-state index in [-0.39, 0.29) is 6.61 Å². The van der Waals surface area contributed by atoms with Gasteiger partial charge in [-0.2, -0.15) is 0 Å². The minimum absolute atomic E-state index is 0.246. The number of hydrogen-bond donors (Lipinski definition) is 1. The van der Waals surface area contributed by atoms with Crippen molar-refractivity contribution >= 4 is 0 Å². The summed E-state index contributed by atoms with van der Waals surface area (Å²) in [6.07, 6.45) is 0.825. The van der Waals surface area contributed by atoms with Crippen LogP contribution in [0.5, 0.6) is 5.75 Å². The zero-order valence-corrected chi connectivity index (χ0v) is 10.4. The summed E-state index contributed by atoms with van der Waals surface area (Å²) in [4.78, 5) is 0. The van der Waals surface area contributed by atoms with Crippen LogP contribution in [0.15, 0.2) is 24.3 Å². The van der Waals surface area contributed by atoms with Crippen molar-refractivity contribution in [1.82, 2.24) is 0 Å². The number of ether oxygens (including phenoxy) is 1. The van der Waals surface area contributed by atoms with Gasteiger partial charge in [0.2, 0.25) is 0 Å². The Bertz CT molecular complexity index is 290. The van der Waals surface area contributed by atoms with Gasteiger partial charge >= 0.3 is 0 Å². The summed E-state index contributed by atoms with van der Waals surface area (Å²) < 4.78 is 5.41. The first-order valence-electron chi connectivity index (χ1n) is 6.02. The molecule has 0 fully saturated rings. The molecule has 90 valence electrons. The van der Waals surface area contributed by atoms with Crippen LogP contribution in [0.1, 0.15) is 38.7 Å². The van der Waals surface area contributed by atoms with E-state index in [1.54, 1.807) is 0 Å². The monoisotopic (exact) mass is 222 g/mol. The normalized spacial score (nSPS) is 12.8. The van der Waals surface area contributed by atoms with Gasteiger partial charge in [0.25, 0.3) is 0 Å². The second-order valence-electron chi connectivity index (χ2n) is 4.36. The lowest BCUT2D eigenvalue weighted by Gasteiger charge is -2.20. The summed E-state index contributed by atoms with van der Waals surface area (Å²) in [7, 11) is 0. The highest BCUT2D eigenvalue weighted by Crippen LogP contribution is 2.28. The third kappa shape index (κ3) is 3.53. The van der Waals surface area contributed by atoms with Crippen molar-refractivity contribution in [2.24, 2.45) is 5.92 Å². The van der Waals surface area contributed by atoms with E-state index in [0.717, 1.165) is 12.2 Å². The predicted molar refractivity (Wildman–Crippen MR) is 66.9 cm³/mol. The third-order valence-corrected chi connectivity index (χ3v) is 2.86. The molecular formula is C14H22O2. The quantitative estimate of drug-likeness (QED) is 0.801. The smallest absolute Gasteiger partial charge is 0.119 e. The first-order chi connectivity index (χ1) is 7.69. The van der Waals surface area contributed by atoms with Crippen molar-refractivity contribution in [3.05, 3.63) is 29.8 Å². The summed E-state index contributed by atoms with van der Waals surface area (Å²) in [5, 5.41) is 9.06. The molecule has 0 aliphatic heterocycles. The van der Waals surface area contributed by atoms with Crippen molar-refractivity contribution in [1.29, 1.82) is 0 Å². The first-order valence-corrected chi connectivity index (χ1v) is 6.02. The van der Waals surface area contributed by atoms with E-state index in [1.807, 2.05) is 19.1 Å². The van der Waals surface area contributed by atoms with Crippen molar-refractivity contribution < 1.29 is 9.84 Å². The Balaban J connectivity index is 2.77. The summed E-state index contributed by atoms with van der Waals surface area (Å²) in [6.45, 7) is 7.31. The minimum Gasteiger partial charge on any atom is -0.494 e. The molecule has 0 aliphatic rings. The average Bonchev–Trinajstić information content (AvgIpc) is 2.27. The number of hydrogen-bond acceptors (Lipinski definition) is 2. The Morgan fingerprint density at radius 1 is 1.19 bits per heavy atom. The predicted octanol–water partition coefficient (Wildman–Crippen LogP) is 3.21. The molecule has 0 spiro atoms.